The van der Waals surface area contributed by atoms with Crippen molar-refractivity contribution in [1.29, 1.82) is 0 Å². The van der Waals surface area contributed by atoms with Crippen LogP contribution in [0.25, 0.3) is 0 Å². The molecule has 3 nitrogen and oxygen atoms in total. The lowest BCUT2D eigenvalue weighted by molar-refractivity contribution is -0.140. The van der Waals surface area contributed by atoms with Crippen LogP contribution in [-0.2, 0) is 9.53 Å². The molecule has 0 aromatic heterocycles. The summed E-state index contributed by atoms with van der Waals surface area (Å²) in [6, 6.07) is 0. The molecule has 0 radical (unpaired) electrons. The summed E-state index contributed by atoms with van der Waals surface area (Å²) in [5.74, 6) is 0.00302. The molecule has 0 rings (SSSR count). The van der Waals surface area contributed by atoms with Crippen molar-refractivity contribution in [3.8, 4) is 0 Å². The number of hydrogen-bond donors (Lipinski definition) is 1. The van der Waals surface area contributed by atoms with E-state index in [0.29, 0.717) is 12.5 Å². The Morgan fingerprint density at radius 2 is 2.00 bits per heavy atom. The van der Waals surface area contributed by atoms with Gasteiger partial charge in [-0.05, 0) is 19.3 Å². The SMILES string of the molecule is C=C(C(=O)OCCC(C)C)[C@H](C)O. The third kappa shape index (κ3) is 5.42. The standard InChI is InChI=1S/C10H18O3/c1-7(2)5-6-13-10(12)8(3)9(4)11/h7,9,11H,3,5-6H2,1-2,4H3/t9-/m0/s1. The lowest BCUT2D eigenvalue weighted by Crippen LogP contribution is -2.17. The third-order valence-electron chi connectivity index (χ3n) is 1.69. The van der Waals surface area contributed by atoms with Gasteiger partial charge in [0.15, 0.2) is 0 Å². The van der Waals surface area contributed by atoms with E-state index >= 15 is 0 Å². The number of hydrogen-bond acceptors (Lipinski definition) is 3. The van der Waals surface area contributed by atoms with Crippen molar-refractivity contribution in [2.24, 2.45) is 5.92 Å². The molecule has 0 amide bonds. The van der Waals surface area contributed by atoms with E-state index in [2.05, 4.69) is 20.4 Å². The average molecular weight is 186 g/mol. The minimum Gasteiger partial charge on any atom is -0.462 e. The Morgan fingerprint density at radius 1 is 1.46 bits per heavy atom. The van der Waals surface area contributed by atoms with Gasteiger partial charge >= 0.3 is 5.97 Å². The van der Waals surface area contributed by atoms with Gasteiger partial charge in [0.05, 0.1) is 18.3 Å². The number of aliphatic hydroxyl groups is 1. The van der Waals surface area contributed by atoms with Crippen LogP contribution in [-0.4, -0.2) is 23.8 Å². The van der Waals surface area contributed by atoms with Crippen molar-refractivity contribution in [1.82, 2.24) is 0 Å². The second kappa shape index (κ2) is 5.75. The Hall–Kier alpha value is -0.830. The van der Waals surface area contributed by atoms with Crippen LogP contribution in [0.15, 0.2) is 12.2 Å². The van der Waals surface area contributed by atoms with Gasteiger partial charge in [0, 0.05) is 0 Å². The molecular weight excluding hydrogens is 168 g/mol. The summed E-state index contributed by atoms with van der Waals surface area (Å²) in [5.41, 5.74) is 0.115. The zero-order valence-electron chi connectivity index (χ0n) is 8.54. The summed E-state index contributed by atoms with van der Waals surface area (Å²) < 4.78 is 4.88. The molecular formula is C10H18O3. The van der Waals surface area contributed by atoms with Crippen molar-refractivity contribution < 1.29 is 14.6 Å². The maximum Gasteiger partial charge on any atom is 0.336 e. The number of carbonyl (C=O) groups excluding carboxylic acids is 1. The first-order valence-electron chi connectivity index (χ1n) is 4.49. The highest BCUT2D eigenvalue weighted by Crippen LogP contribution is 2.04. The Bertz CT molecular complexity index is 183. The van der Waals surface area contributed by atoms with Gasteiger partial charge in [-0.2, -0.15) is 0 Å². The highest BCUT2D eigenvalue weighted by molar-refractivity contribution is 5.88. The van der Waals surface area contributed by atoms with Crippen LogP contribution in [0.5, 0.6) is 0 Å². The largest absolute Gasteiger partial charge is 0.462 e. The molecule has 0 aliphatic heterocycles. The third-order valence-corrected chi connectivity index (χ3v) is 1.69. The predicted molar refractivity (Wildman–Crippen MR) is 51.2 cm³/mol. The summed E-state index contributed by atoms with van der Waals surface area (Å²) in [4.78, 5) is 11.1. The van der Waals surface area contributed by atoms with Gasteiger partial charge in [-0.1, -0.05) is 20.4 Å². The molecule has 0 spiro atoms. The number of carbonyl (C=O) groups is 1. The number of rotatable bonds is 5. The fourth-order valence-electron chi connectivity index (χ4n) is 0.651. The molecule has 0 aliphatic rings. The summed E-state index contributed by atoms with van der Waals surface area (Å²) in [7, 11) is 0. The van der Waals surface area contributed by atoms with Crippen LogP contribution in [0.3, 0.4) is 0 Å². The maximum atomic E-state index is 11.1. The second-order valence-electron chi connectivity index (χ2n) is 3.52. The summed E-state index contributed by atoms with van der Waals surface area (Å²) in [6.07, 6.45) is 0.00490. The quantitative estimate of drug-likeness (QED) is 0.523. The molecule has 1 N–H and O–H groups in total. The summed E-state index contributed by atoms with van der Waals surface area (Å²) in [6.45, 7) is 9.42. The van der Waals surface area contributed by atoms with Crippen molar-refractivity contribution >= 4 is 5.97 Å². The smallest absolute Gasteiger partial charge is 0.336 e. The number of esters is 1. The first kappa shape index (κ1) is 12.2. The molecule has 76 valence electrons. The van der Waals surface area contributed by atoms with Crippen molar-refractivity contribution in [3.05, 3.63) is 12.2 Å². The van der Waals surface area contributed by atoms with Crippen LogP contribution in [0.1, 0.15) is 27.2 Å². The van der Waals surface area contributed by atoms with Crippen molar-refractivity contribution in [2.45, 2.75) is 33.3 Å². The van der Waals surface area contributed by atoms with Crippen LogP contribution in [0, 0.1) is 5.92 Å². The average Bonchev–Trinajstić information content (AvgIpc) is 2.02. The molecule has 0 saturated heterocycles. The maximum absolute atomic E-state index is 11.1. The molecule has 0 aromatic rings. The zero-order valence-corrected chi connectivity index (χ0v) is 8.54. The van der Waals surface area contributed by atoms with Gasteiger partial charge in [0.25, 0.3) is 0 Å². The van der Waals surface area contributed by atoms with Crippen molar-refractivity contribution in [2.75, 3.05) is 6.61 Å². The van der Waals surface area contributed by atoms with E-state index in [1.807, 2.05) is 0 Å². The van der Waals surface area contributed by atoms with E-state index in [9.17, 15) is 4.79 Å². The Kier molecular flexibility index (Phi) is 5.39. The monoisotopic (exact) mass is 186 g/mol. The molecule has 3 heteroatoms. The van der Waals surface area contributed by atoms with Gasteiger partial charge in [0.2, 0.25) is 0 Å². The lowest BCUT2D eigenvalue weighted by atomic mass is 10.1. The van der Waals surface area contributed by atoms with Gasteiger partial charge in [-0.15, -0.1) is 0 Å². The first-order valence-corrected chi connectivity index (χ1v) is 4.49. The highest BCUT2D eigenvalue weighted by Gasteiger charge is 2.13. The van der Waals surface area contributed by atoms with Gasteiger partial charge in [0.1, 0.15) is 0 Å². The highest BCUT2D eigenvalue weighted by atomic mass is 16.5. The summed E-state index contributed by atoms with van der Waals surface area (Å²) in [5, 5.41) is 9.00. The Balaban J connectivity index is 3.69. The Morgan fingerprint density at radius 3 is 2.38 bits per heavy atom. The summed E-state index contributed by atoms with van der Waals surface area (Å²) >= 11 is 0. The normalized spacial score (nSPS) is 12.7. The van der Waals surface area contributed by atoms with Gasteiger partial charge < -0.3 is 9.84 Å². The van der Waals surface area contributed by atoms with Gasteiger partial charge in [-0.25, -0.2) is 4.79 Å². The molecule has 0 bridgehead atoms. The second-order valence-corrected chi connectivity index (χ2v) is 3.52. The molecule has 0 fully saturated rings. The minimum atomic E-state index is -0.827. The topological polar surface area (TPSA) is 46.5 Å². The molecule has 13 heavy (non-hydrogen) atoms. The van der Waals surface area contributed by atoms with Crippen LogP contribution < -0.4 is 0 Å². The fraction of sp³-hybridized carbons (Fsp3) is 0.700. The molecule has 0 aliphatic carbocycles. The number of aliphatic hydroxyl groups excluding tert-OH is 1. The number of ether oxygens (including phenoxy) is 1. The fourth-order valence-corrected chi connectivity index (χ4v) is 0.651. The lowest BCUT2D eigenvalue weighted by Gasteiger charge is -2.09. The van der Waals surface area contributed by atoms with E-state index in [4.69, 9.17) is 9.84 Å². The van der Waals surface area contributed by atoms with Gasteiger partial charge in [-0.3, -0.25) is 0 Å². The molecule has 0 unspecified atom stereocenters. The van der Waals surface area contributed by atoms with Crippen LogP contribution in [0.4, 0.5) is 0 Å². The van der Waals surface area contributed by atoms with E-state index in [0.717, 1.165) is 6.42 Å². The zero-order chi connectivity index (χ0) is 10.4. The first-order chi connectivity index (χ1) is 5.95. The minimum absolute atomic E-state index is 0.115. The van der Waals surface area contributed by atoms with E-state index in [1.54, 1.807) is 0 Å². The van der Waals surface area contributed by atoms with E-state index in [1.165, 1.54) is 6.92 Å². The molecule has 1 atom stereocenters. The predicted octanol–water partition coefficient (Wildman–Crippen LogP) is 1.51. The Labute approximate surface area is 79.4 Å². The van der Waals surface area contributed by atoms with E-state index < -0.39 is 12.1 Å². The van der Waals surface area contributed by atoms with E-state index in [-0.39, 0.29) is 5.57 Å². The molecule has 0 aromatic carbocycles. The van der Waals surface area contributed by atoms with Crippen LogP contribution in [0.2, 0.25) is 0 Å². The van der Waals surface area contributed by atoms with Crippen molar-refractivity contribution in [3.63, 3.8) is 0 Å². The van der Waals surface area contributed by atoms with Crippen LogP contribution >= 0.6 is 0 Å². The molecule has 0 saturated carbocycles. The molecule has 0 heterocycles.